The first-order chi connectivity index (χ1) is 20.6. The van der Waals surface area contributed by atoms with Crippen LogP contribution in [-0.4, -0.2) is 90.7 Å². The molecule has 4 heterocycles. The Hall–Kier alpha value is -4.16. The van der Waals surface area contributed by atoms with Crippen molar-refractivity contribution >= 4 is 28.2 Å². The third-order valence-corrected chi connectivity index (χ3v) is 9.00. The fraction of sp³-hybridized carbons (Fsp3) is 0.455. The predicted molar refractivity (Wildman–Crippen MR) is 166 cm³/mol. The van der Waals surface area contributed by atoms with Crippen molar-refractivity contribution < 1.29 is 9.53 Å². The Morgan fingerprint density at radius 3 is 2.76 bits per heavy atom. The van der Waals surface area contributed by atoms with E-state index in [0.29, 0.717) is 44.8 Å². The molecule has 2 atom stereocenters. The molecule has 9 heteroatoms. The lowest BCUT2D eigenvalue weighted by molar-refractivity contribution is -0.128. The zero-order valence-electron chi connectivity index (χ0n) is 24.4. The largest absolute Gasteiger partial charge is 0.462 e. The second-order valence-corrected chi connectivity index (χ2v) is 11.5. The number of likely N-dealkylation sites (N-methyl/N-ethyl adjacent to an activating group) is 1. The molecule has 0 N–H and O–H groups in total. The summed E-state index contributed by atoms with van der Waals surface area (Å²) in [6.07, 6.45) is 5.70. The molecule has 0 radical (unpaired) electrons. The van der Waals surface area contributed by atoms with E-state index in [1.807, 2.05) is 0 Å². The van der Waals surface area contributed by atoms with Crippen LogP contribution in [0.25, 0.3) is 15.6 Å². The molecule has 42 heavy (non-hydrogen) atoms. The second kappa shape index (κ2) is 12.4. The summed E-state index contributed by atoms with van der Waals surface area (Å²) in [5, 5.41) is 2.46. The normalized spacial score (nSPS) is 21.1. The van der Waals surface area contributed by atoms with Crippen molar-refractivity contribution in [3.05, 3.63) is 77.8 Å². The number of ether oxygens (including phenoxy) is 1. The molecule has 0 spiro atoms. The van der Waals surface area contributed by atoms with Gasteiger partial charge < -0.3 is 29.2 Å². The van der Waals surface area contributed by atoms with Gasteiger partial charge in [0.25, 0.3) is 0 Å². The second-order valence-electron chi connectivity index (χ2n) is 11.5. The molecule has 9 nitrogen and oxygen atoms in total. The number of aromatic nitrogens is 2. The van der Waals surface area contributed by atoms with Crippen LogP contribution >= 0.6 is 0 Å². The van der Waals surface area contributed by atoms with Gasteiger partial charge in [0, 0.05) is 48.9 Å². The molecule has 3 aliphatic rings. The number of benzene rings is 2. The lowest BCUT2D eigenvalue weighted by Gasteiger charge is -2.41. The minimum Gasteiger partial charge on any atom is -0.462 e. The van der Waals surface area contributed by atoms with Crippen molar-refractivity contribution in [2.45, 2.75) is 44.3 Å². The van der Waals surface area contributed by atoms with Gasteiger partial charge in [-0.2, -0.15) is 9.97 Å². The Morgan fingerprint density at radius 2 is 1.93 bits per heavy atom. The molecule has 3 aliphatic heterocycles. The van der Waals surface area contributed by atoms with Gasteiger partial charge in [0.05, 0.1) is 12.2 Å². The molecular weight excluding hydrogens is 526 g/mol. The van der Waals surface area contributed by atoms with E-state index < -0.39 is 0 Å². The van der Waals surface area contributed by atoms with Gasteiger partial charge in [0.2, 0.25) is 12.5 Å². The Kier molecular flexibility index (Phi) is 8.24. The smallest absolute Gasteiger partial charge is 0.318 e. The van der Waals surface area contributed by atoms with E-state index in [4.69, 9.17) is 21.3 Å². The SMILES string of the molecule is [C-]#[N+]C[C@H]1CN(c2nc(OC[C@@H]3CCCCN3C)nc3c2CCN(c2cccc4ccccc24)C3)CCN1C(=O)C=C. The standard InChI is InChI=1S/C33H39N7O2/c1-4-31(41)40-19-18-39(21-26(40)20-34-2)32-28-15-17-38(30-14-9-11-24-10-5-6-13-27(24)30)22-29(28)35-33(36-32)42-23-25-12-7-8-16-37(25)3/h4-6,9-11,13-14,25-26H,1,7-8,12,15-23H2,3H3/t25-,26-/m0/s1. The number of carbonyl (C=O) groups excluding carboxylic acids is 1. The maximum atomic E-state index is 12.5. The molecular formula is C33H39N7O2. The zero-order chi connectivity index (χ0) is 29.1. The van der Waals surface area contributed by atoms with Crippen LogP contribution in [0.2, 0.25) is 0 Å². The number of rotatable bonds is 7. The molecule has 0 saturated carbocycles. The first-order valence-corrected chi connectivity index (χ1v) is 15.0. The Balaban J connectivity index is 1.32. The number of fused-ring (bicyclic) bond motifs is 2. The van der Waals surface area contributed by atoms with E-state index in [1.165, 1.54) is 35.4 Å². The molecule has 1 aromatic heterocycles. The first-order valence-electron chi connectivity index (χ1n) is 15.0. The lowest BCUT2D eigenvalue weighted by atomic mass is 10.0. The third-order valence-electron chi connectivity index (χ3n) is 9.00. The molecule has 0 bridgehead atoms. The summed E-state index contributed by atoms with van der Waals surface area (Å²) in [5.41, 5.74) is 3.33. The summed E-state index contributed by atoms with van der Waals surface area (Å²) in [6.45, 7) is 16.3. The maximum absolute atomic E-state index is 12.5. The van der Waals surface area contributed by atoms with Crippen LogP contribution in [-0.2, 0) is 17.8 Å². The van der Waals surface area contributed by atoms with Gasteiger partial charge in [-0.25, -0.2) is 6.57 Å². The highest BCUT2D eigenvalue weighted by atomic mass is 16.5. The number of likely N-dealkylation sites (tertiary alicyclic amines) is 1. The fourth-order valence-electron chi connectivity index (χ4n) is 6.65. The molecule has 6 rings (SSSR count). The van der Waals surface area contributed by atoms with Crippen LogP contribution in [0.3, 0.4) is 0 Å². The van der Waals surface area contributed by atoms with Crippen LogP contribution in [0.15, 0.2) is 55.1 Å². The molecule has 0 unspecified atom stereocenters. The molecule has 2 aromatic carbocycles. The van der Waals surface area contributed by atoms with E-state index in [1.54, 1.807) is 4.90 Å². The summed E-state index contributed by atoms with van der Waals surface area (Å²) >= 11 is 0. The minimum atomic E-state index is -0.219. The minimum absolute atomic E-state index is 0.126. The van der Waals surface area contributed by atoms with E-state index in [9.17, 15) is 4.79 Å². The fourth-order valence-corrected chi connectivity index (χ4v) is 6.65. The summed E-state index contributed by atoms with van der Waals surface area (Å²) in [6, 6.07) is 15.5. The predicted octanol–water partition coefficient (Wildman–Crippen LogP) is 4.18. The highest BCUT2D eigenvalue weighted by Gasteiger charge is 2.35. The topological polar surface area (TPSA) is 69.4 Å². The summed E-state index contributed by atoms with van der Waals surface area (Å²) in [5.74, 6) is 0.754. The third kappa shape index (κ3) is 5.64. The number of anilines is 2. The van der Waals surface area contributed by atoms with Crippen molar-refractivity contribution in [3.63, 3.8) is 0 Å². The number of piperazine rings is 1. The highest BCUT2D eigenvalue weighted by molar-refractivity contribution is 5.94. The Labute approximate surface area is 248 Å². The summed E-state index contributed by atoms with van der Waals surface area (Å²) in [4.78, 5) is 35.0. The monoisotopic (exact) mass is 565 g/mol. The average Bonchev–Trinajstić information content (AvgIpc) is 3.03. The van der Waals surface area contributed by atoms with Crippen LogP contribution in [0.5, 0.6) is 6.01 Å². The van der Waals surface area contributed by atoms with Crippen LogP contribution in [0.1, 0.15) is 30.5 Å². The van der Waals surface area contributed by atoms with Crippen molar-refractivity contribution in [3.8, 4) is 6.01 Å². The van der Waals surface area contributed by atoms with Crippen LogP contribution in [0.4, 0.5) is 11.5 Å². The first kappa shape index (κ1) is 28.0. The molecule has 3 aromatic rings. The average molecular weight is 566 g/mol. The number of hydrogen-bond donors (Lipinski definition) is 0. The van der Waals surface area contributed by atoms with Crippen molar-refractivity contribution in [1.82, 2.24) is 19.8 Å². The van der Waals surface area contributed by atoms with Gasteiger partial charge in [-0.15, -0.1) is 0 Å². The van der Waals surface area contributed by atoms with Gasteiger partial charge in [0.15, 0.2) is 0 Å². The van der Waals surface area contributed by atoms with Crippen molar-refractivity contribution in [1.29, 1.82) is 0 Å². The van der Waals surface area contributed by atoms with Gasteiger partial charge in [-0.1, -0.05) is 49.4 Å². The van der Waals surface area contributed by atoms with Crippen molar-refractivity contribution in [2.75, 3.05) is 62.7 Å². The lowest BCUT2D eigenvalue weighted by Crippen LogP contribution is -2.56. The van der Waals surface area contributed by atoms with Gasteiger partial charge in [0.1, 0.15) is 18.5 Å². The number of nitrogens with zero attached hydrogens (tertiary/aromatic N) is 7. The van der Waals surface area contributed by atoms with Gasteiger partial charge in [-0.3, -0.25) is 4.79 Å². The molecule has 2 saturated heterocycles. The van der Waals surface area contributed by atoms with Crippen LogP contribution in [0, 0.1) is 6.57 Å². The molecule has 218 valence electrons. The zero-order valence-corrected chi connectivity index (χ0v) is 24.4. The van der Waals surface area contributed by atoms with E-state index >= 15 is 0 Å². The molecule has 2 fully saturated rings. The van der Waals surface area contributed by atoms with Gasteiger partial charge >= 0.3 is 6.01 Å². The Morgan fingerprint density at radius 1 is 1.07 bits per heavy atom. The summed E-state index contributed by atoms with van der Waals surface area (Å²) in [7, 11) is 2.16. The van der Waals surface area contributed by atoms with Crippen LogP contribution < -0.4 is 14.5 Å². The number of hydrogen-bond acceptors (Lipinski definition) is 7. The van der Waals surface area contributed by atoms with E-state index in [2.05, 4.69) is 75.6 Å². The molecule has 1 amide bonds. The number of amides is 1. The number of carbonyl (C=O) groups is 1. The quantitative estimate of drug-likeness (QED) is 0.315. The summed E-state index contributed by atoms with van der Waals surface area (Å²) < 4.78 is 6.34. The highest BCUT2D eigenvalue weighted by Crippen LogP contribution is 2.35. The van der Waals surface area contributed by atoms with E-state index in [-0.39, 0.29) is 18.5 Å². The Bertz CT molecular complexity index is 1500. The number of piperidine rings is 1. The van der Waals surface area contributed by atoms with Crippen molar-refractivity contribution in [2.24, 2.45) is 0 Å². The molecule has 0 aliphatic carbocycles. The van der Waals surface area contributed by atoms with E-state index in [0.717, 1.165) is 43.0 Å². The maximum Gasteiger partial charge on any atom is 0.318 e. The van der Waals surface area contributed by atoms with Gasteiger partial charge in [-0.05, 0) is 50.4 Å².